The van der Waals surface area contributed by atoms with Crippen molar-refractivity contribution in [2.45, 2.75) is 6.42 Å². The van der Waals surface area contributed by atoms with Crippen LogP contribution in [0, 0.1) is 0 Å². The summed E-state index contributed by atoms with van der Waals surface area (Å²) in [6, 6.07) is 8.19. The van der Waals surface area contributed by atoms with Crippen LogP contribution in [0.15, 0.2) is 49.1 Å². The van der Waals surface area contributed by atoms with E-state index in [1.807, 2.05) is 44.0 Å². The van der Waals surface area contributed by atoms with Gasteiger partial charge < -0.3 is 14.5 Å². The number of piperazine rings is 1. The van der Waals surface area contributed by atoms with E-state index in [9.17, 15) is 0 Å². The molecule has 164 valence electrons. The van der Waals surface area contributed by atoms with E-state index >= 15 is 0 Å². The van der Waals surface area contributed by atoms with Crippen molar-refractivity contribution in [3.8, 4) is 16.9 Å². The first-order valence-electron chi connectivity index (χ1n) is 10.8. The summed E-state index contributed by atoms with van der Waals surface area (Å²) in [5.74, 6) is 2.52. The molecule has 1 saturated heterocycles. The highest BCUT2D eigenvalue weighted by Gasteiger charge is 2.19. The summed E-state index contributed by atoms with van der Waals surface area (Å²) in [6.07, 6.45) is 8.18. The van der Waals surface area contributed by atoms with Gasteiger partial charge in [0.2, 0.25) is 0 Å². The molecule has 4 heterocycles. The van der Waals surface area contributed by atoms with Gasteiger partial charge in [-0.2, -0.15) is 5.10 Å². The Kier molecular flexibility index (Phi) is 5.45. The molecule has 0 radical (unpaired) electrons. The van der Waals surface area contributed by atoms with E-state index in [-0.39, 0.29) is 0 Å². The fourth-order valence-corrected chi connectivity index (χ4v) is 4.12. The molecule has 5 rings (SSSR count). The lowest BCUT2D eigenvalue weighted by molar-refractivity contribution is 0.312. The SMILES string of the molecule is COc1cc(-c2cnn(C)c2)ccc1Cc1ncc2ccnc(N3CCN(C)CC3)c2n1. The van der Waals surface area contributed by atoms with Gasteiger partial charge in [-0.1, -0.05) is 12.1 Å². The molecule has 1 aliphatic rings. The van der Waals surface area contributed by atoms with Gasteiger partial charge in [-0.25, -0.2) is 15.0 Å². The Morgan fingerprint density at radius 1 is 0.969 bits per heavy atom. The maximum Gasteiger partial charge on any atom is 0.155 e. The number of pyridine rings is 1. The van der Waals surface area contributed by atoms with E-state index in [0.29, 0.717) is 6.42 Å². The summed E-state index contributed by atoms with van der Waals surface area (Å²) in [5, 5.41) is 5.27. The quantitative estimate of drug-likeness (QED) is 0.483. The van der Waals surface area contributed by atoms with E-state index in [1.54, 1.807) is 11.8 Å². The van der Waals surface area contributed by atoms with Gasteiger partial charge in [-0.3, -0.25) is 4.68 Å². The van der Waals surface area contributed by atoms with Gasteiger partial charge >= 0.3 is 0 Å². The van der Waals surface area contributed by atoms with Crippen LogP contribution in [0.5, 0.6) is 5.75 Å². The lowest BCUT2D eigenvalue weighted by Gasteiger charge is -2.33. The molecule has 0 spiro atoms. The van der Waals surface area contributed by atoms with Crippen molar-refractivity contribution >= 4 is 16.7 Å². The number of ether oxygens (including phenoxy) is 1. The molecule has 0 saturated carbocycles. The Hall–Kier alpha value is -3.52. The number of aromatic nitrogens is 5. The van der Waals surface area contributed by atoms with Crippen LogP contribution in [0.1, 0.15) is 11.4 Å². The average Bonchev–Trinajstić information content (AvgIpc) is 3.26. The zero-order valence-electron chi connectivity index (χ0n) is 18.7. The van der Waals surface area contributed by atoms with Gasteiger partial charge in [0.25, 0.3) is 0 Å². The van der Waals surface area contributed by atoms with Crippen LogP contribution < -0.4 is 9.64 Å². The monoisotopic (exact) mass is 429 g/mol. The number of rotatable bonds is 5. The molecule has 8 nitrogen and oxygen atoms in total. The van der Waals surface area contributed by atoms with Crippen LogP contribution in [0.2, 0.25) is 0 Å². The molecule has 0 N–H and O–H groups in total. The molecule has 0 amide bonds. The summed E-state index contributed by atoms with van der Waals surface area (Å²) in [4.78, 5) is 18.9. The fourth-order valence-electron chi connectivity index (χ4n) is 4.12. The molecule has 0 unspecified atom stereocenters. The van der Waals surface area contributed by atoms with Crippen LogP contribution in [0.4, 0.5) is 5.82 Å². The van der Waals surface area contributed by atoms with Crippen LogP contribution in [-0.2, 0) is 13.5 Å². The third-order valence-corrected chi connectivity index (χ3v) is 6.01. The van der Waals surface area contributed by atoms with Crippen molar-refractivity contribution in [1.29, 1.82) is 0 Å². The smallest absolute Gasteiger partial charge is 0.155 e. The van der Waals surface area contributed by atoms with Crippen molar-refractivity contribution in [2.24, 2.45) is 7.05 Å². The number of anilines is 1. The second kappa shape index (κ2) is 8.55. The summed E-state index contributed by atoms with van der Waals surface area (Å²) < 4.78 is 7.49. The minimum absolute atomic E-state index is 0.587. The first kappa shape index (κ1) is 20.4. The summed E-state index contributed by atoms with van der Waals surface area (Å²) >= 11 is 0. The number of methoxy groups -OCH3 is 1. The third-order valence-electron chi connectivity index (χ3n) is 6.01. The van der Waals surface area contributed by atoms with E-state index in [4.69, 9.17) is 9.72 Å². The summed E-state index contributed by atoms with van der Waals surface area (Å²) in [5.41, 5.74) is 4.08. The predicted octanol–water partition coefficient (Wildman–Crippen LogP) is 2.78. The summed E-state index contributed by atoms with van der Waals surface area (Å²) in [7, 11) is 5.76. The Labute approximate surface area is 187 Å². The Balaban J connectivity index is 1.46. The number of nitrogens with zero attached hydrogens (tertiary/aromatic N) is 7. The van der Waals surface area contributed by atoms with Crippen molar-refractivity contribution in [3.05, 3.63) is 60.4 Å². The number of aryl methyl sites for hydroxylation is 1. The molecule has 1 fully saturated rings. The lowest BCUT2D eigenvalue weighted by Crippen LogP contribution is -2.44. The minimum atomic E-state index is 0.587. The Morgan fingerprint density at radius 2 is 1.81 bits per heavy atom. The molecule has 0 aliphatic carbocycles. The maximum absolute atomic E-state index is 5.69. The van der Waals surface area contributed by atoms with E-state index in [1.165, 1.54) is 0 Å². The highest BCUT2D eigenvalue weighted by atomic mass is 16.5. The Morgan fingerprint density at radius 3 is 2.56 bits per heavy atom. The fraction of sp³-hybridized carbons (Fsp3) is 0.333. The number of likely N-dealkylation sites (N-methyl/N-ethyl adjacent to an activating group) is 1. The number of hydrogen-bond acceptors (Lipinski definition) is 7. The van der Waals surface area contributed by atoms with Gasteiger partial charge in [-0.15, -0.1) is 0 Å². The van der Waals surface area contributed by atoms with E-state index in [0.717, 1.165) is 71.2 Å². The van der Waals surface area contributed by atoms with Gasteiger partial charge in [0, 0.05) is 74.8 Å². The molecular formula is C24H27N7O. The van der Waals surface area contributed by atoms with Crippen molar-refractivity contribution < 1.29 is 4.74 Å². The van der Waals surface area contributed by atoms with Crippen molar-refractivity contribution in [2.75, 3.05) is 45.2 Å². The maximum atomic E-state index is 5.69. The number of benzene rings is 1. The standard InChI is InChI=1S/C24H27N7O/c1-29-8-10-31(11-9-29)24-23-19(6-7-25-24)14-26-22(28-23)13-18-5-4-17(12-21(18)32-3)20-15-27-30(2)16-20/h4-7,12,14-16H,8-11,13H2,1-3H3. The normalized spacial score (nSPS) is 14.8. The van der Waals surface area contributed by atoms with Gasteiger partial charge in [0.05, 0.1) is 13.3 Å². The van der Waals surface area contributed by atoms with Crippen molar-refractivity contribution in [3.63, 3.8) is 0 Å². The molecule has 0 bridgehead atoms. The van der Waals surface area contributed by atoms with Gasteiger partial charge in [-0.05, 0) is 24.7 Å². The van der Waals surface area contributed by atoms with Crippen LogP contribution >= 0.6 is 0 Å². The lowest BCUT2D eigenvalue weighted by atomic mass is 10.0. The van der Waals surface area contributed by atoms with Gasteiger partial charge in [0.1, 0.15) is 17.1 Å². The first-order valence-corrected chi connectivity index (χ1v) is 10.8. The number of fused-ring (bicyclic) bond motifs is 1. The third kappa shape index (κ3) is 4.01. The highest BCUT2D eigenvalue weighted by molar-refractivity contribution is 5.88. The molecule has 0 atom stereocenters. The van der Waals surface area contributed by atoms with Gasteiger partial charge in [0.15, 0.2) is 5.82 Å². The zero-order chi connectivity index (χ0) is 22.1. The molecule has 1 aromatic carbocycles. The predicted molar refractivity (Wildman–Crippen MR) is 125 cm³/mol. The highest BCUT2D eigenvalue weighted by Crippen LogP contribution is 2.29. The largest absolute Gasteiger partial charge is 0.496 e. The van der Waals surface area contributed by atoms with Crippen LogP contribution in [0.3, 0.4) is 0 Å². The second-order valence-corrected chi connectivity index (χ2v) is 8.26. The van der Waals surface area contributed by atoms with E-state index in [2.05, 4.69) is 44.0 Å². The first-order chi connectivity index (χ1) is 15.6. The summed E-state index contributed by atoms with van der Waals surface area (Å²) in [6.45, 7) is 3.95. The number of hydrogen-bond donors (Lipinski definition) is 0. The molecule has 4 aromatic rings. The molecule has 1 aliphatic heterocycles. The average molecular weight is 430 g/mol. The van der Waals surface area contributed by atoms with Crippen LogP contribution in [0.25, 0.3) is 22.0 Å². The van der Waals surface area contributed by atoms with Crippen molar-refractivity contribution in [1.82, 2.24) is 29.6 Å². The molecule has 3 aromatic heterocycles. The molecule has 32 heavy (non-hydrogen) atoms. The zero-order valence-corrected chi connectivity index (χ0v) is 18.7. The Bertz CT molecular complexity index is 1240. The minimum Gasteiger partial charge on any atom is -0.496 e. The van der Waals surface area contributed by atoms with Crippen LogP contribution in [-0.4, -0.2) is 70.0 Å². The molecular weight excluding hydrogens is 402 g/mol. The molecule has 8 heteroatoms. The second-order valence-electron chi connectivity index (χ2n) is 8.26. The topological polar surface area (TPSA) is 72.2 Å². The van der Waals surface area contributed by atoms with E-state index < -0.39 is 0 Å².